The second-order valence-electron chi connectivity index (χ2n) is 6.19. The lowest BCUT2D eigenvalue weighted by molar-refractivity contribution is -0.138. The Labute approximate surface area is 174 Å². The van der Waals surface area contributed by atoms with Gasteiger partial charge in [0, 0.05) is 6.20 Å². The highest BCUT2D eigenvalue weighted by Gasteiger charge is 2.17. The smallest absolute Gasteiger partial charge is 0.350 e. The molecule has 0 unspecified atom stereocenters. The van der Waals surface area contributed by atoms with Crippen molar-refractivity contribution in [2.24, 2.45) is 0 Å². The zero-order valence-corrected chi connectivity index (χ0v) is 16.9. The van der Waals surface area contributed by atoms with Gasteiger partial charge in [-0.15, -0.1) is 0 Å². The number of carbonyl (C=O) groups is 1. The first-order valence-electron chi connectivity index (χ1n) is 9.09. The monoisotopic (exact) mass is 421 g/mol. The number of rotatable bonds is 7. The summed E-state index contributed by atoms with van der Waals surface area (Å²) in [6.45, 7) is 1.77. The standard InChI is InChI=1S/C22H19N3O4S/c1-2-29-22(26)18(14-23)15-24-20-9-5-6-10-21(20)25-30(27,28)19-12-11-16-7-3-4-8-17(16)13-19/h3-13,15,24-25H,2H2,1H3. The van der Waals surface area contributed by atoms with Crippen LogP contribution in [-0.2, 0) is 19.6 Å². The molecule has 0 aromatic heterocycles. The summed E-state index contributed by atoms with van der Waals surface area (Å²) in [5.41, 5.74) is 0.408. The van der Waals surface area contributed by atoms with Crippen molar-refractivity contribution < 1.29 is 17.9 Å². The zero-order valence-electron chi connectivity index (χ0n) is 16.1. The van der Waals surface area contributed by atoms with Crippen molar-refractivity contribution in [3.05, 3.63) is 78.5 Å². The third-order valence-corrected chi connectivity index (χ3v) is 5.55. The topological polar surface area (TPSA) is 108 Å². The molecule has 2 N–H and O–H groups in total. The SMILES string of the molecule is CCOC(=O)C(C#N)=CNc1ccccc1NS(=O)(=O)c1ccc2ccccc2c1. The van der Waals surface area contributed by atoms with Gasteiger partial charge in [0.05, 0.1) is 22.9 Å². The minimum atomic E-state index is -3.86. The Bertz CT molecular complexity index is 1260. The molecule has 0 aliphatic rings. The fourth-order valence-corrected chi connectivity index (χ4v) is 3.85. The first-order chi connectivity index (χ1) is 14.4. The number of carbonyl (C=O) groups excluding carboxylic acids is 1. The number of para-hydroxylation sites is 2. The molecule has 3 aromatic carbocycles. The Morgan fingerprint density at radius 1 is 1.03 bits per heavy atom. The van der Waals surface area contributed by atoms with Gasteiger partial charge in [0.25, 0.3) is 10.0 Å². The van der Waals surface area contributed by atoms with Gasteiger partial charge in [-0.2, -0.15) is 5.26 Å². The third kappa shape index (κ3) is 4.77. The van der Waals surface area contributed by atoms with E-state index in [1.165, 1.54) is 12.3 Å². The predicted octanol–water partition coefficient (Wildman–Crippen LogP) is 4.02. The normalized spacial score (nSPS) is 11.5. The molecular weight excluding hydrogens is 402 g/mol. The highest BCUT2D eigenvalue weighted by Crippen LogP contribution is 2.26. The van der Waals surface area contributed by atoms with Crippen molar-refractivity contribution in [3.63, 3.8) is 0 Å². The molecule has 0 saturated heterocycles. The molecular formula is C22H19N3O4S. The number of nitrogens with zero attached hydrogens (tertiary/aromatic N) is 1. The lowest BCUT2D eigenvalue weighted by Gasteiger charge is -2.13. The van der Waals surface area contributed by atoms with Gasteiger partial charge in [-0.1, -0.05) is 42.5 Å². The van der Waals surface area contributed by atoms with Crippen molar-refractivity contribution in [2.75, 3.05) is 16.6 Å². The Kier molecular flexibility index (Phi) is 6.35. The average molecular weight is 421 g/mol. The fraction of sp³-hybridized carbons (Fsp3) is 0.0909. The molecule has 0 bridgehead atoms. The summed E-state index contributed by atoms with van der Waals surface area (Å²) >= 11 is 0. The van der Waals surface area contributed by atoms with Gasteiger partial charge in [-0.3, -0.25) is 4.72 Å². The van der Waals surface area contributed by atoms with Crippen LogP contribution in [0.1, 0.15) is 6.92 Å². The molecule has 0 spiro atoms. The van der Waals surface area contributed by atoms with Crippen LogP contribution >= 0.6 is 0 Å². The summed E-state index contributed by atoms with van der Waals surface area (Å²) in [6, 6.07) is 20.7. The van der Waals surface area contributed by atoms with E-state index < -0.39 is 16.0 Å². The van der Waals surface area contributed by atoms with Crippen molar-refractivity contribution >= 4 is 38.1 Å². The second-order valence-corrected chi connectivity index (χ2v) is 7.88. The number of anilines is 2. The summed E-state index contributed by atoms with van der Waals surface area (Å²) in [6.07, 6.45) is 1.18. The van der Waals surface area contributed by atoms with Crippen LogP contribution in [0.15, 0.2) is 83.4 Å². The molecule has 8 heteroatoms. The van der Waals surface area contributed by atoms with Gasteiger partial charge in [0.1, 0.15) is 6.07 Å². The number of ether oxygens (including phenoxy) is 1. The second kappa shape index (κ2) is 9.11. The molecule has 0 aliphatic carbocycles. The summed E-state index contributed by atoms with van der Waals surface area (Å²) in [7, 11) is -3.86. The summed E-state index contributed by atoms with van der Waals surface area (Å²) in [4.78, 5) is 11.9. The van der Waals surface area contributed by atoms with Gasteiger partial charge >= 0.3 is 5.97 Å². The van der Waals surface area contributed by atoms with Crippen LogP contribution in [0.5, 0.6) is 0 Å². The Hall–Kier alpha value is -3.83. The van der Waals surface area contributed by atoms with E-state index in [0.717, 1.165) is 10.8 Å². The molecule has 0 aliphatic heterocycles. The minimum absolute atomic E-state index is 0.121. The van der Waals surface area contributed by atoms with Gasteiger partial charge in [0.2, 0.25) is 0 Å². The fourth-order valence-electron chi connectivity index (χ4n) is 2.73. The van der Waals surface area contributed by atoms with E-state index in [0.29, 0.717) is 5.69 Å². The summed E-state index contributed by atoms with van der Waals surface area (Å²) in [5.74, 6) is -0.762. The molecule has 152 valence electrons. The van der Waals surface area contributed by atoms with E-state index in [1.54, 1.807) is 49.4 Å². The maximum Gasteiger partial charge on any atom is 0.350 e. The van der Waals surface area contributed by atoms with Crippen LogP contribution in [0.25, 0.3) is 10.8 Å². The lowest BCUT2D eigenvalue weighted by atomic mass is 10.1. The van der Waals surface area contributed by atoms with E-state index in [1.807, 2.05) is 24.3 Å². The zero-order chi connectivity index (χ0) is 21.6. The Balaban J connectivity index is 1.88. The largest absolute Gasteiger partial charge is 0.462 e. The molecule has 0 saturated carbocycles. The van der Waals surface area contributed by atoms with Crippen LogP contribution in [0, 0.1) is 11.3 Å². The highest BCUT2D eigenvalue weighted by molar-refractivity contribution is 7.92. The first-order valence-corrected chi connectivity index (χ1v) is 10.6. The van der Waals surface area contributed by atoms with Gasteiger partial charge in [-0.25, -0.2) is 13.2 Å². The Morgan fingerprint density at radius 2 is 1.70 bits per heavy atom. The van der Waals surface area contributed by atoms with E-state index in [-0.39, 0.29) is 22.8 Å². The molecule has 0 fully saturated rings. The number of nitrogens with one attached hydrogen (secondary N) is 2. The van der Waals surface area contributed by atoms with E-state index in [4.69, 9.17) is 10.00 Å². The van der Waals surface area contributed by atoms with Crippen LogP contribution in [-0.4, -0.2) is 21.0 Å². The van der Waals surface area contributed by atoms with Crippen LogP contribution in [0.4, 0.5) is 11.4 Å². The van der Waals surface area contributed by atoms with E-state index in [9.17, 15) is 13.2 Å². The van der Waals surface area contributed by atoms with E-state index in [2.05, 4.69) is 10.0 Å². The van der Waals surface area contributed by atoms with Crippen molar-refractivity contribution in [1.29, 1.82) is 5.26 Å². The van der Waals surface area contributed by atoms with E-state index >= 15 is 0 Å². The van der Waals surface area contributed by atoms with Gasteiger partial charge in [0.15, 0.2) is 5.57 Å². The molecule has 0 atom stereocenters. The molecule has 0 heterocycles. The number of nitriles is 1. The molecule has 30 heavy (non-hydrogen) atoms. The number of fused-ring (bicyclic) bond motifs is 1. The number of esters is 1. The van der Waals surface area contributed by atoms with Gasteiger partial charge < -0.3 is 10.1 Å². The van der Waals surface area contributed by atoms with Crippen LogP contribution < -0.4 is 10.0 Å². The van der Waals surface area contributed by atoms with Crippen molar-refractivity contribution in [3.8, 4) is 6.07 Å². The summed E-state index contributed by atoms with van der Waals surface area (Å²) in [5, 5.41) is 13.7. The highest BCUT2D eigenvalue weighted by atomic mass is 32.2. The van der Waals surface area contributed by atoms with Crippen LogP contribution in [0.2, 0.25) is 0 Å². The molecule has 7 nitrogen and oxygen atoms in total. The van der Waals surface area contributed by atoms with Crippen LogP contribution in [0.3, 0.4) is 0 Å². The number of benzene rings is 3. The number of hydrogen-bond acceptors (Lipinski definition) is 6. The molecule has 3 rings (SSSR count). The first kappa shape index (κ1) is 20.9. The quantitative estimate of drug-likeness (QED) is 0.339. The average Bonchev–Trinajstić information content (AvgIpc) is 2.75. The lowest BCUT2D eigenvalue weighted by Crippen LogP contribution is -2.14. The maximum absolute atomic E-state index is 12.9. The summed E-state index contributed by atoms with van der Waals surface area (Å²) < 4.78 is 33.2. The number of hydrogen-bond donors (Lipinski definition) is 2. The molecule has 0 amide bonds. The molecule has 0 radical (unpaired) electrons. The third-order valence-electron chi connectivity index (χ3n) is 4.19. The maximum atomic E-state index is 12.9. The minimum Gasteiger partial charge on any atom is -0.462 e. The predicted molar refractivity (Wildman–Crippen MR) is 115 cm³/mol. The Morgan fingerprint density at radius 3 is 2.40 bits per heavy atom. The number of sulfonamides is 1. The molecule has 3 aromatic rings. The van der Waals surface area contributed by atoms with Crippen molar-refractivity contribution in [1.82, 2.24) is 0 Å². The van der Waals surface area contributed by atoms with Gasteiger partial charge in [-0.05, 0) is 42.0 Å². The van der Waals surface area contributed by atoms with Crippen molar-refractivity contribution in [2.45, 2.75) is 11.8 Å².